The van der Waals surface area contributed by atoms with Gasteiger partial charge in [0.25, 0.3) is 11.4 Å². The average Bonchev–Trinajstić information content (AvgIpc) is 2.60. The van der Waals surface area contributed by atoms with Gasteiger partial charge in [0.2, 0.25) is 5.75 Å². The molecule has 0 radical (unpaired) electrons. The van der Waals surface area contributed by atoms with E-state index in [1.165, 1.54) is 33.5 Å². The Balaban J connectivity index is 2.49. The summed E-state index contributed by atoms with van der Waals surface area (Å²) in [5.41, 5.74) is -0.700. The van der Waals surface area contributed by atoms with Gasteiger partial charge in [-0.05, 0) is 18.2 Å². The van der Waals surface area contributed by atoms with E-state index in [2.05, 4.69) is 0 Å². The lowest BCUT2D eigenvalue weighted by Crippen LogP contribution is -1.96. The van der Waals surface area contributed by atoms with Crippen molar-refractivity contribution < 1.29 is 24.1 Å². The molecule has 0 saturated carbocycles. The molecule has 0 amide bonds. The zero-order valence-corrected chi connectivity index (χ0v) is 14.4. The number of nitro benzene ring substituents is 2. The molecule has 0 aromatic heterocycles. The number of hydrogen-bond donors (Lipinski definition) is 0. The minimum atomic E-state index is -0.680. The quantitative estimate of drug-likeness (QED) is 0.538. The molecule has 9 nitrogen and oxygen atoms in total. The highest BCUT2D eigenvalue weighted by atomic mass is 32.2. The smallest absolute Gasteiger partial charge is 0.290 e. The van der Waals surface area contributed by atoms with Gasteiger partial charge in [0.15, 0.2) is 11.5 Å². The summed E-state index contributed by atoms with van der Waals surface area (Å²) in [5, 5.41) is 22.0. The summed E-state index contributed by atoms with van der Waals surface area (Å²) in [6, 6.07) is 6.76. The monoisotopic (exact) mass is 366 g/mol. The van der Waals surface area contributed by atoms with Crippen molar-refractivity contribution in [3.8, 4) is 17.2 Å². The van der Waals surface area contributed by atoms with Crippen molar-refractivity contribution in [1.29, 1.82) is 0 Å². The van der Waals surface area contributed by atoms with Crippen LogP contribution in [0.15, 0.2) is 40.1 Å². The standard InChI is InChI=1S/C15H14N2O7S/c1-22-12-7-10(8-13(23-2)15(12)24-3)25-14-5-4-9(16(18)19)6-11(14)17(20)21/h4-8H,1-3H3. The zero-order chi connectivity index (χ0) is 18.6. The Morgan fingerprint density at radius 3 is 1.92 bits per heavy atom. The molecule has 0 N–H and O–H groups in total. The summed E-state index contributed by atoms with van der Waals surface area (Å²) in [4.78, 5) is 21.6. The highest BCUT2D eigenvalue weighted by Gasteiger charge is 2.21. The lowest BCUT2D eigenvalue weighted by molar-refractivity contribution is -0.396. The fourth-order valence-electron chi connectivity index (χ4n) is 2.09. The van der Waals surface area contributed by atoms with Crippen molar-refractivity contribution in [3.05, 3.63) is 50.6 Å². The van der Waals surface area contributed by atoms with Crippen molar-refractivity contribution in [2.24, 2.45) is 0 Å². The second-order valence-electron chi connectivity index (χ2n) is 4.63. The van der Waals surface area contributed by atoms with E-state index >= 15 is 0 Å². The number of nitrogens with zero attached hydrogens (tertiary/aromatic N) is 2. The Labute approximate surface area is 146 Å². The van der Waals surface area contributed by atoms with Crippen LogP contribution < -0.4 is 14.2 Å². The lowest BCUT2D eigenvalue weighted by Gasteiger charge is -2.13. The molecule has 0 spiro atoms. The first-order valence-corrected chi connectivity index (χ1v) is 7.63. The number of ether oxygens (including phenoxy) is 3. The highest BCUT2D eigenvalue weighted by Crippen LogP contribution is 2.44. The van der Waals surface area contributed by atoms with Crippen molar-refractivity contribution in [2.75, 3.05) is 21.3 Å². The van der Waals surface area contributed by atoms with Crippen LogP contribution in [0.2, 0.25) is 0 Å². The van der Waals surface area contributed by atoms with Gasteiger partial charge >= 0.3 is 0 Å². The molecule has 0 saturated heterocycles. The Bertz CT molecular complexity index is 801. The molecular weight excluding hydrogens is 352 g/mol. The van der Waals surface area contributed by atoms with E-state index in [0.717, 1.165) is 17.8 Å². The van der Waals surface area contributed by atoms with Gasteiger partial charge in [-0.3, -0.25) is 20.2 Å². The van der Waals surface area contributed by atoms with Crippen LogP contribution in [0.4, 0.5) is 11.4 Å². The minimum Gasteiger partial charge on any atom is -0.493 e. The number of nitro groups is 2. The maximum absolute atomic E-state index is 11.2. The van der Waals surface area contributed by atoms with Gasteiger partial charge in [-0.1, -0.05) is 11.8 Å². The maximum atomic E-state index is 11.2. The molecule has 0 atom stereocenters. The maximum Gasteiger partial charge on any atom is 0.290 e. The normalized spacial score (nSPS) is 10.2. The van der Waals surface area contributed by atoms with Crippen molar-refractivity contribution >= 4 is 23.1 Å². The number of rotatable bonds is 7. The lowest BCUT2D eigenvalue weighted by atomic mass is 10.3. The molecule has 0 fully saturated rings. The molecule has 2 aromatic carbocycles. The second kappa shape index (κ2) is 7.71. The van der Waals surface area contributed by atoms with Crippen LogP contribution in [-0.2, 0) is 0 Å². The van der Waals surface area contributed by atoms with E-state index in [9.17, 15) is 20.2 Å². The van der Waals surface area contributed by atoms with Crippen molar-refractivity contribution in [3.63, 3.8) is 0 Å². The zero-order valence-electron chi connectivity index (χ0n) is 13.5. The minimum absolute atomic E-state index is 0.255. The summed E-state index contributed by atoms with van der Waals surface area (Å²) in [7, 11) is 4.38. The molecular formula is C15H14N2O7S. The summed E-state index contributed by atoms with van der Waals surface area (Å²) < 4.78 is 15.7. The number of hydrogen-bond acceptors (Lipinski definition) is 8. The summed E-state index contributed by atoms with van der Waals surface area (Å²) in [6.07, 6.45) is 0. The van der Waals surface area contributed by atoms with Crippen LogP contribution in [0.5, 0.6) is 17.2 Å². The third-order valence-electron chi connectivity index (χ3n) is 3.22. The summed E-state index contributed by atoms with van der Waals surface area (Å²) in [6.45, 7) is 0. The number of benzene rings is 2. The highest BCUT2D eigenvalue weighted by molar-refractivity contribution is 7.99. The SMILES string of the molecule is COc1cc(Sc2ccc([N+](=O)[O-])cc2[N+](=O)[O-])cc(OC)c1OC. The van der Waals surface area contributed by atoms with Crippen molar-refractivity contribution in [2.45, 2.75) is 9.79 Å². The Hall–Kier alpha value is -3.01. The molecule has 25 heavy (non-hydrogen) atoms. The van der Waals surface area contributed by atoms with E-state index < -0.39 is 9.85 Å². The Morgan fingerprint density at radius 2 is 1.48 bits per heavy atom. The number of non-ortho nitro benzene ring substituents is 1. The van der Waals surface area contributed by atoms with E-state index in [4.69, 9.17) is 14.2 Å². The molecule has 0 bridgehead atoms. The molecule has 2 rings (SSSR count). The van der Waals surface area contributed by atoms with Crippen LogP contribution in [0.3, 0.4) is 0 Å². The van der Waals surface area contributed by atoms with Gasteiger partial charge in [-0.25, -0.2) is 0 Å². The third kappa shape index (κ3) is 3.91. The Kier molecular flexibility index (Phi) is 5.65. The van der Waals surface area contributed by atoms with E-state index in [1.54, 1.807) is 12.1 Å². The largest absolute Gasteiger partial charge is 0.493 e. The van der Waals surface area contributed by atoms with Gasteiger partial charge in [-0.15, -0.1) is 0 Å². The number of methoxy groups -OCH3 is 3. The fourth-order valence-corrected chi connectivity index (χ4v) is 3.05. The van der Waals surface area contributed by atoms with E-state index in [-0.39, 0.29) is 16.3 Å². The first-order chi connectivity index (χ1) is 11.9. The molecule has 132 valence electrons. The van der Waals surface area contributed by atoms with Gasteiger partial charge in [-0.2, -0.15) is 0 Å². The van der Waals surface area contributed by atoms with Gasteiger partial charge < -0.3 is 14.2 Å². The van der Waals surface area contributed by atoms with Gasteiger partial charge in [0.1, 0.15) is 0 Å². The molecule has 0 aliphatic heterocycles. The van der Waals surface area contributed by atoms with E-state index in [0.29, 0.717) is 22.1 Å². The van der Waals surface area contributed by atoms with Crippen molar-refractivity contribution in [1.82, 2.24) is 0 Å². The summed E-state index contributed by atoms with van der Waals surface area (Å²) >= 11 is 1.06. The fraction of sp³-hybridized carbons (Fsp3) is 0.200. The molecule has 0 aliphatic rings. The average molecular weight is 366 g/mol. The van der Waals surface area contributed by atoms with Gasteiger partial charge in [0.05, 0.1) is 42.1 Å². The van der Waals surface area contributed by atoms with Crippen LogP contribution >= 0.6 is 11.8 Å². The molecule has 2 aromatic rings. The Morgan fingerprint density at radius 1 is 0.880 bits per heavy atom. The van der Waals surface area contributed by atoms with Gasteiger partial charge in [0, 0.05) is 11.0 Å². The van der Waals surface area contributed by atoms with Crippen LogP contribution in [0.25, 0.3) is 0 Å². The first kappa shape index (κ1) is 18.3. The molecule has 0 unspecified atom stereocenters. The predicted octanol–water partition coefficient (Wildman–Crippen LogP) is 3.68. The first-order valence-electron chi connectivity index (χ1n) is 6.82. The predicted molar refractivity (Wildman–Crippen MR) is 90.0 cm³/mol. The topological polar surface area (TPSA) is 114 Å². The molecule has 10 heteroatoms. The summed E-state index contributed by atoms with van der Waals surface area (Å²) in [5.74, 6) is 1.19. The van der Waals surface area contributed by atoms with Crippen LogP contribution in [0.1, 0.15) is 0 Å². The van der Waals surface area contributed by atoms with Crippen LogP contribution in [-0.4, -0.2) is 31.2 Å². The molecule has 0 heterocycles. The van der Waals surface area contributed by atoms with E-state index in [1.807, 2.05) is 0 Å². The third-order valence-corrected chi connectivity index (χ3v) is 4.25. The molecule has 0 aliphatic carbocycles. The van der Waals surface area contributed by atoms with Crippen LogP contribution in [0, 0.1) is 20.2 Å². The second-order valence-corrected chi connectivity index (χ2v) is 5.74.